The van der Waals surface area contributed by atoms with Crippen LogP contribution in [-0.2, 0) is 0 Å². The van der Waals surface area contributed by atoms with E-state index >= 15 is 0 Å². The molecule has 0 aliphatic heterocycles. The average Bonchev–Trinajstić information content (AvgIpc) is 2.35. The summed E-state index contributed by atoms with van der Waals surface area (Å²) in [5.74, 6) is 0.537. The maximum Gasteiger partial charge on any atom is 0.165 e. The highest BCUT2D eigenvalue weighted by atomic mass is 19.1. The Morgan fingerprint density at radius 3 is 2.59 bits per heavy atom. The van der Waals surface area contributed by atoms with Crippen molar-refractivity contribution in [3.8, 4) is 11.5 Å². The van der Waals surface area contributed by atoms with Crippen LogP contribution in [0, 0.1) is 5.82 Å². The Balaban J connectivity index is 2.27. The van der Waals surface area contributed by atoms with Gasteiger partial charge in [0, 0.05) is 6.07 Å². The molecule has 0 saturated heterocycles. The molecule has 1 rings (SSSR count). The van der Waals surface area contributed by atoms with Gasteiger partial charge in [-0.25, -0.2) is 4.39 Å². The summed E-state index contributed by atoms with van der Waals surface area (Å²) in [5, 5.41) is 0. The molecule has 0 atom stereocenters. The van der Waals surface area contributed by atoms with Crippen LogP contribution in [0.25, 0.3) is 0 Å². The van der Waals surface area contributed by atoms with Crippen molar-refractivity contribution in [3.05, 3.63) is 24.0 Å². The van der Waals surface area contributed by atoms with Crippen molar-refractivity contribution in [1.82, 2.24) is 0 Å². The van der Waals surface area contributed by atoms with Crippen LogP contribution in [0.15, 0.2) is 18.2 Å². The minimum absolute atomic E-state index is 0.230. The van der Waals surface area contributed by atoms with Crippen molar-refractivity contribution in [3.63, 3.8) is 0 Å². The Morgan fingerprint density at radius 2 is 1.88 bits per heavy atom. The first-order chi connectivity index (χ1) is 8.27. The maximum absolute atomic E-state index is 13.1. The summed E-state index contributed by atoms with van der Waals surface area (Å²) in [7, 11) is 1.45. The van der Waals surface area contributed by atoms with Crippen LogP contribution in [-0.4, -0.2) is 13.7 Å². The van der Waals surface area contributed by atoms with Crippen LogP contribution in [0.5, 0.6) is 11.5 Å². The fourth-order valence-corrected chi connectivity index (χ4v) is 1.63. The van der Waals surface area contributed by atoms with Crippen molar-refractivity contribution in [1.29, 1.82) is 0 Å². The molecule has 0 unspecified atom stereocenters. The minimum Gasteiger partial charge on any atom is -0.494 e. The lowest BCUT2D eigenvalue weighted by Crippen LogP contribution is -1.98. The van der Waals surface area contributed by atoms with Crippen LogP contribution in [0.3, 0.4) is 0 Å². The van der Waals surface area contributed by atoms with Gasteiger partial charge in [-0.05, 0) is 18.6 Å². The summed E-state index contributed by atoms with van der Waals surface area (Å²) < 4.78 is 23.5. The molecule has 0 spiro atoms. The molecule has 0 bridgehead atoms. The van der Waals surface area contributed by atoms with Gasteiger partial charge >= 0.3 is 0 Å². The monoisotopic (exact) mass is 240 g/mol. The van der Waals surface area contributed by atoms with Crippen molar-refractivity contribution in [2.45, 2.75) is 39.0 Å². The number of benzene rings is 1. The molecule has 1 aromatic rings. The van der Waals surface area contributed by atoms with Crippen molar-refractivity contribution >= 4 is 0 Å². The summed E-state index contributed by atoms with van der Waals surface area (Å²) in [6.45, 7) is 2.87. The third-order valence-electron chi connectivity index (χ3n) is 2.64. The Labute approximate surface area is 103 Å². The third kappa shape index (κ3) is 5.07. The predicted molar refractivity (Wildman–Crippen MR) is 67.2 cm³/mol. The summed E-state index contributed by atoms with van der Waals surface area (Å²) in [6.07, 6.45) is 6.01. The number of halogens is 1. The number of hydrogen-bond donors (Lipinski definition) is 0. The van der Waals surface area contributed by atoms with E-state index in [1.807, 2.05) is 0 Å². The Bertz CT molecular complexity index is 326. The second kappa shape index (κ2) is 7.93. The number of unbranched alkanes of at least 4 members (excludes halogenated alkanes) is 4. The molecule has 0 radical (unpaired) electrons. The molecule has 0 fully saturated rings. The lowest BCUT2D eigenvalue weighted by atomic mass is 10.2. The van der Waals surface area contributed by atoms with Crippen LogP contribution in [0.2, 0.25) is 0 Å². The Kier molecular flexibility index (Phi) is 6.45. The predicted octanol–water partition coefficient (Wildman–Crippen LogP) is 4.18. The Hall–Kier alpha value is -1.25. The lowest BCUT2D eigenvalue weighted by molar-refractivity contribution is 0.300. The molecular weight excluding hydrogens is 219 g/mol. The van der Waals surface area contributed by atoms with Crippen LogP contribution < -0.4 is 9.47 Å². The molecule has 1 aromatic carbocycles. The fourth-order valence-electron chi connectivity index (χ4n) is 1.63. The topological polar surface area (TPSA) is 18.5 Å². The van der Waals surface area contributed by atoms with Crippen molar-refractivity contribution < 1.29 is 13.9 Å². The summed E-state index contributed by atoms with van der Waals surface area (Å²) in [5.41, 5.74) is 0. The van der Waals surface area contributed by atoms with Gasteiger partial charge in [0.25, 0.3) is 0 Å². The molecule has 0 aliphatic carbocycles. The Morgan fingerprint density at radius 1 is 1.12 bits per heavy atom. The first-order valence-corrected chi connectivity index (χ1v) is 6.24. The van der Waals surface area contributed by atoms with Gasteiger partial charge in [-0.2, -0.15) is 0 Å². The van der Waals surface area contributed by atoms with Crippen LogP contribution in [0.4, 0.5) is 4.39 Å². The van der Waals surface area contributed by atoms with Gasteiger partial charge < -0.3 is 9.47 Å². The van der Waals surface area contributed by atoms with Gasteiger partial charge in [0.2, 0.25) is 0 Å². The zero-order valence-electron chi connectivity index (χ0n) is 10.7. The molecule has 17 heavy (non-hydrogen) atoms. The average molecular weight is 240 g/mol. The number of ether oxygens (including phenoxy) is 2. The van der Waals surface area contributed by atoms with E-state index in [1.54, 1.807) is 12.1 Å². The molecule has 3 heteroatoms. The summed E-state index contributed by atoms with van der Waals surface area (Å²) >= 11 is 0. The molecule has 0 amide bonds. The van der Waals surface area contributed by atoms with Crippen molar-refractivity contribution in [2.24, 2.45) is 0 Å². The molecule has 2 nitrogen and oxygen atoms in total. The first-order valence-electron chi connectivity index (χ1n) is 6.24. The normalized spacial score (nSPS) is 10.3. The van der Waals surface area contributed by atoms with E-state index in [0.717, 1.165) is 6.42 Å². The van der Waals surface area contributed by atoms with Crippen LogP contribution in [0.1, 0.15) is 39.0 Å². The maximum atomic E-state index is 13.1. The highest BCUT2D eigenvalue weighted by Gasteiger charge is 2.03. The molecule has 0 aliphatic rings. The summed E-state index contributed by atoms with van der Waals surface area (Å²) in [6, 6.07) is 4.58. The van der Waals surface area contributed by atoms with Gasteiger partial charge in [-0.1, -0.05) is 32.6 Å². The van der Waals surface area contributed by atoms with E-state index in [0.29, 0.717) is 12.4 Å². The molecule has 0 aromatic heterocycles. The third-order valence-corrected chi connectivity index (χ3v) is 2.64. The smallest absolute Gasteiger partial charge is 0.165 e. The highest BCUT2D eigenvalue weighted by molar-refractivity contribution is 5.34. The van der Waals surface area contributed by atoms with Gasteiger partial charge in [0.1, 0.15) is 5.75 Å². The minimum atomic E-state index is -0.359. The van der Waals surface area contributed by atoms with Gasteiger partial charge in [0.05, 0.1) is 13.7 Å². The molecule has 0 saturated carbocycles. The van der Waals surface area contributed by atoms with E-state index in [-0.39, 0.29) is 11.6 Å². The van der Waals surface area contributed by atoms with Crippen LogP contribution >= 0.6 is 0 Å². The highest BCUT2D eigenvalue weighted by Crippen LogP contribution is 2.23. The SMILES string of the molecule is CCCCCCCOc1ccc(F)c(OC)c1. The number of rotatable bonds is 8. The lowest BCUT2D eigenvalue weighted by Gasteiger charge is -2.08. The number of hydrogen-bond acceptors (Lipinski definition) is 2. The standard InChI is InChI=1S/C14H21FO2/c1-3-4-5-6-7-10-17-12-8-9-13(15)14(11-12)16-2/h8-9,11H,3-7,10H2,1-2H3. The molecular formula is C14H21FO2. The first kappa shape index (κ1) is 13.8. The second-order valence-corrected chi connectivity index (χ2v) is 4.06. The zero-order chi connectivity index (χ0) is 12.5. The quantitative estimate of drug-likeness (QED) is 0.634. The van der Waals surface area contributed by atoms with Gasteiger partial charge in [-0.15, -0.1) is 0 Å². The van der Waals surface area contributed by atoms with E-state index in [1.165, 1.54) is 38.9 Å². The zero-order valence-corrected chi connectivity index (χ0v) is 10.7. The van der Waals surface area contributed by atoms with E-state index in [9.17, 15) is 4.39 Å². The van der Waals surface area contributed by atoms with Crippen molar-refractivity contribution in [2.75, 3.05) is 13.7 Å². The number of methoxy groups -OCH3 is 1. The van der Waals surface area contributed by atoms with Gasteiger partial charge in [-0.3, -0.25) is 0 Å². The molecule has 0 heterocycles. The largest absolute Gasteiger partial charge is 0.494 e. The van der Waals surface area contributed by atoms with E-state index < -0.39 is 0 Å². The van der Waals surface area contributed by atoms with Gasteiger partial charge in [0.15, 0.2) is 11.6 Å². The van der Waals surface area contributed by atoms with E-state index in [4.69, 9.17) is 9.47 Å². The fraction of sp³-hybridized carbons (Fsp3) is 0.571. The summed E-state index contributed by atoms with van der Waals surface area (Å²) in [4.78, 5) is 0. The molecule has 0 N–H and O–H groups in total. The van der Waals surface area contributed by atoms with E-state index in [2.05, 4.69) is 6.92 Å². The second-order valence-electron chi connectivity index (χ2n) is 4.06. The molecule has 96 valence electrons.